The van der Waals surface area contributed by atoms with E-state index in [1.165, 1.54) is 16.6 Å². The van der Waals surface area contributed by atoms with Crippen LogP contribution in [0.1, 0.15) is 50.9 Å². The molecule has 2 aromatic rings. The zero-order valence-corrected chi connectivity index (χ0v) is 10.8. The third kappa shape index (κ3) is 1.73. The number of hydrogen-bond acceptors (Lipinski definition) is 1. The van der Waals surface area contributed by atoms with Crippen molar-refractivity contribution in [2.45, 2.75) is 46.6 Å². The zero-order chi connectivity index (χ0) is 11.9. The smallest absolute Gasteiger partial charge is 0.0929 e. The molecular formula is C14H20N2. The average molecular weight is 216 g/mol. The molecule has 0 N–H and O–H groups in total. The van der Waals surface area contributed by atoms with Gasteiger partial charge in [0.15, 0.2) is 0 Å². The second-order valence-corrected chi connectivity index (χ2v) is 5.06. The molecule has 2 rings (SSSR count). The van der Waals surface area contributed by atoms with E-state index in [-0.39, 0.29) is 0 Å². The molecule has 1 aromatic carbocycles. The Bertz CT molecular complexity index is 507. The summed E-state index contributed by atoms with van der Waals surface area (Å²) >= 11 is 0. The quantitative estimate of drug-likeness (QED) is 0.740. The van der Waals surface area contributed by atoms with Crippen LogP contribution < -0.4 is 0 Å². The topological polar surface area (TPSA) is 17.8 Å². The summed E-state index contributed by atoms with van der Waals surface area (Å²) in [6.07, 6.45) is 0. The molecule has 0 bridgehead atoms. The maximum Gasteiger partial charge on any atom is 0.0929 e. The highest BCUT2D eigenvalue weighted by Crippen LogP contribution is 2.24. The van der Waals surface area contributed by atoms with E-state index in [9.17, 15) is 0 Å². The second-order valence-electron chi connectivity index (χ2n) is 5.06. The molecule has 0 unspecified atom stereocenters. The first-order valence-electron chi connectivity index (χ1n) is 5.99. The van der Waals surface area contributed by atoms with Crippen LogP contribution in [0.25, 0.3) is 10.9 Å². The van der Waals surface area contributed by atoms with Crippen molar-refractivity contribution < 1.29 is 0 Å². The lowest BCUT2D eigenvalue weighted by atomic mass is 10.0. The molecule has 0 saturated carbocycles. The molecule has 0 radical (unpaired) electrons. The summed E-state index contributed by atoms with van der Waals surface area (Å²) in [7, 11) is 0. The highest BCUT2D eigenvalue weighted by atomic mass is 15.3. The van der Waals surface area contributed by atoms with Crippen LogP contribution in [0.3, 0.4) is 0 Å². The van der Waals surface area contributed by atoms with Gasteiger partial charge in [0, 0.05) is 17.1 Å². The van der Waals surface area contributed by atoms with Crippen molar-refractivity contribution in [1.82, 2.24) is 9.78 Å². The summed E-state index contributed by atoms with van der Waals surface area (Å²) in [4.78, 5) is 0. The van der Waals surface area contributed by atoms with E-state index in [2.05, 4.69) is 62.6 Å². The highest BCUT2D eigenvalue weighted by molar-refractivity contribution is 5.82. The Balaban J connectivity index is 2.63. The molecule has 0 spiro atoms. The van der Waals surface area contributed by atoms with Gasteiger partial charge in [0.2, 0.25) is 0 Å². The second kappa shape index (κ2) is 3.93. The Morgan fingerprint density at radius 2 is 1.81 bits per heavy atom. The molecule has 1 heterocycles. The molecule has 0 amide bonds. The normalized spacial score (nSPS) is 11.9. The van der Waals surface area contributed by atoms with Crippen LogP contribution in [0.15, 0.2) is 18.2 Å². The lowest BCUT2D eigenvalue weighted by Gasteiger charge is -2.06. The number of rotatable bonds is 2. The van der Waals surface area contributed by atoms with Gasteiger partial charge in [0.1, 0.15) is 0 Å². The van der Waals surface area contributed by atoms with Gasteiger partial charge in [-0.05, 0) is 38.3 Å². The molecule has 0 aliphatic rings. The lowest BCUT2D eigenvalue weighted by molar-refractivity contribution is 0.524. The Morgan fingerprint density at radius 1 is 1.12 bits per heavy atom. The molecule has 0 aliphatic carbocycles. The number of aryl methyl sites for hydroxylation is 1. The Morgan fingerprint density at radius 3 is 2.38 bits per heavy atom. The fraction of sp³-hybridized carbons (Fsp3) is 0.500. The maximum atomic E-state index is 4.67. The minimum atomic E-state index is 0.426. The number of hydrogen-bond donors (Lipinski definition) is 0. The van der Waals surface area contributed by atoms with Gasteiger partial charge in [-0.2, -0.15) is 5.10 Å². The average Bonchev–Trinajstić information content (AvgIpc) is 2.55. The summed E-state index contributed by atoms with van der Waals surface area (Å²) in [5.41, 5.74) is 3.75. The third-order valence-electron chi connectivity index (χ3n) is 3.13. The Kier molecular flexibility index (Phi) is 2.75. The largest absolute Gasteiger partial charge is 0.266 e. The summed E-state index contributed by atoms with van der Waals surface area (Å²) in [5, 5.41) is 5.95. The van der Waals surface area contributed by atoms with Crippen LogP contribution in [0, 0.1) is 6.92 Å². The van der Waals surface area contributed by atoms with Gasteiger partial charge in [-0.15, -0.1) is 0 Å². The van der Waals surface area contributed by atoms with Crippen LogP contribution in [-0.2, 0) is 0 Å². The van der Waals surface area contributed by atoms with Gasteiger partial charge in [0.25, 0.3) is 0 Å². The third-order valence-corrected chi connectivity index (χ3v) is 3.13. The van der Waals surface area contributed by atoms with E-state index in [0.717, 1.165) is 5.52 Å². The summed E-state index contributed by atoms with van der Waals surface area (Å²) in [6.45, 7) is 10.9. The van der Waals surface area contributed by atoms with Crippen molar-refractivity contribution in [3.8, 4) is 0 Å². The predicted molar refractivity (Wildman–Crippen MR) is 68.9 cm³/mol. The molecule has 0 fully saturated rings. The molecular weight excluding hydrogens is 196 g/mol. The van der Waals surface area contributed by atoms with Gasteiger partial charge in [-0.25, -0.2) is 0 Å². The highest BCUT2D eigenvalue weighted by Gasteiger charge is 2.10. The van der Waals surface area contributed by atoms with E-state index in [4.69, 9.17) is 0 Å². The first kappa shape index (κ1) is 11.2. The van der Waals surface area contributed by atoms with E-state index < -0.39 is 0 Å². The van der Waals surface area contributed by atoms with E-state index >= 15 is 0 Å². The van der Waals surface area contributed by atoms with Crippen molar-refractivity contribution >= 4 is 10.9 Å². The fourth-order valence-corrected chi connectivity index (χ4v) is 2.11. The fourth-order valence-electron chi connectivity index (χ4n) is 2.11. The van der Waals surface area contributed by atoms with Crippen LogP contribution in [-0.4, -0.2) is 9.78 Å². The van der Waals surface area contributed by atoms with Crippen LogP contribution in [0.5, 0.6) is 0 Å². The number of nitrogens with zero attached hydrogens (tertiary/aromatic N) is 2. The van der Waals surface area contributed by atoms with Gasteiger partial charge in [-0.1, -0.05) is 26.0 Å². The molecule has 86 valence electrons. The molecule has 2 nitrogen and oxygen atoms in total. The van der Waals surface area contributed by atoms with Gasteiger partial charge in [0.05, 0.1) is 5.52 Å². The monoisotopic (exact) mass is 216 g/mol. The Labute approximate surface area is 97.3 Å². The van der Waals surface area contributed by atoms with E-state index in [0.29, 0.717) is 12.0 Å². The van der Waals surface area contributed by atoms with Crippen LogP contribution in [0.2, 0.25) is 0 Å². The summed E-state index contributed by atoms with van der Waals surface area (Å²) < 4.78 is 2.11. The minimum absolute atomic E-state index is 0.426. The van der Waals surface area contributed by atoms with E-state index in [1.807, 2.05) is 0 Å². The van der Waals surface area contributed by atoms with Gasteiger partial charge >= 0.3 is 0 Å². The van der Waals surface area contributed by atoms with E-state index in [1.54, 1.807) is 0 Å². The molecule has 0 saturated heterocycles. The van der Waals surface area contributed by atoms with Crippen molar-refractivity contribution in [3.63, 3.8) is 0 Å². The number of aromatic nitrogens is 2. The predicted octanol–water partition coefficient (Wildman–Crippen LogP) is 4.05. The summed E-state index contributed by atoms with van der Waals surface area (Å²) in [5.74, 6) is 0.564. The van der Waals surface area contributed by atoms with Crippen LogP contribution >= 0.6 is 0 Å². The SMILES string of the molecule is Cc1c2ccc(C(C)C)cc2nn1C(C)C. The molecule has 1 aromatic heterocycles. The van der Waals surface area contributed by atoms with Crippen molar-refractivity contribution in [1.29, 1.82) is 0 Å². The lowest BCUT2D eigenvalue weighted by Crippen LogP contribution is -2.04. The maximum absolute atomic E-state index is 4.67. The number of benzene rings is 1. The first-order chi connectivity index (χ1) is 7.50. The molecule has 2 heteroatoms. The standard InChI is InChI=1S/C14H20N2/c1-9(2)12-6-7-13-11(5)16(10(3)4)15-14(13)8-12/h6-10H,1-5H3. The van der Waals surface area contributed by atoms with Gasteiger partial charge in [-0.3, -0.25) is 4.68 Å². The Hall–Kier alpha value is -1.31. The molecule has 0 atom stereocenters. The molecule has 0 aliphatic heterocycles. The minimum Gasteiger partial charge on any atom is -0.266 e. The van der Waals surface area contributed by atoms with Gasteiger partial charge < -0.3 is 0 Å². The zero-order valence-electron chi connectivity index (χ0n) is 10.8. The van der Waals surface area contributed by atoms with Crippen LogP contribution in [0.4, 0.5) is 0 Å². The first-order valence-corrected chi connectivity index (χ1v) is 5.99. The van der Waals surface area contributed by atoms with Crippen molar-refractivity contribution in [2.24, 2.45) is 0 Å². The molecule has 16 heavy (non-hydrogen) atoms. The summed E-state index contributed by atoms with van der Waals surface area (Å²) in [6, 6.07) is 7.05. The van der Waals surface area contributed by atoms with Crippen molar-refractivity contribution in [3.05, 3.63) is 29.5 Å². The van der Waals surface area contributed by atoms with Crippen molar-refractivity contribution in [2.75, 3.05) is 0 Å². The number of fused-ring (bicyclic) bond motifs is 1.